The molecule has 0 saturated heterocycles. The van der Waals surface area contributed by atoms with Gasteiger partial charge in [-0.1, -0.05) is 12.0 Å². The van der Waals surface area contributed by atoms with E-state index in [1.807, 2.05) is 13.8 Å². The van der Waals surface area contributed by atoms with E-state index in [1.165, 1.54) is 0 Å². The zero-order valence-electron chi connectivity index (χ0n) is 10.7. The zero-order valence-corrected chi connectivity index (χ0v) is 10.7. The van der Waals surface area contributed by atoms with Crippen LogP contribution in [0.25, 0.3) is 0 Å². The van der Waals surface area contributed by atoms with Crippen LogP contribution in [-0.4, -0.2) is 30.6 Å². The van der Waals surface area contributed by atoms with Crippen molar-refractivity contribution in [3.8, 4) is 18.1 Å². The maximum atomic E-state index is 12.0. The molecule has 2 N–H and O–H groups in total. The van der Waals surface area contributed by atoms with Crippen LogP contribution in [-0.2, 0) is 4.79 Å². The van der Waals surface area contributed by atoms with Crippen molar-refractivity contribution in [2.45, 2.75) is 13.8 Å². The number of nitrogens with one attached hydrogen (secondary N) is 1. The minimum atomic E-state index is -0.0681. The summed E-state index contributed by atoms with van der Waals surface area (Å²) in [6.45, 7) is 4.89. The van der Waals surface area contributed by atoms with Gasteiger partial charge < -0.3 is 10.0 Å². The summed E-state index contributed by atoms with van der Waals surface area (Å²) in [6, 6.07) is 4.99. The Labute approximate surface area is 108 Å². The predicted octanol–water partition coefficient (Wildman–Crippen LogP) is 1.28. The first kappa shape index (κ1) is 14.1. The first-order valence-electron chi connectivity index (χ1n) is 5.84. The summed E-state index contributed by atoms with van der Waals surface area (Å²) in [5.74, 6) is 2.50. The predicted molar refractivity (Wildman–Crippen MR) is 72.6 cm³/mol. The third-order valence-corrected chi connectivity index (χ3v) is 2.60. The molecular formula is C14H18N2O2. The number of nitrogens with zero attached hydrogens (tertiary/aromatic N) is 1. The molecule has 1 aromatic rings. The monoisotopic (exact) mass is 246 g/mol. The average molecular weight is 246 g/mol. The van der Waals surface area contributed by atoms with E-state index < -0.39 is 0 Å². The summed E-state index contributed by atoms with van der Waals surface area (Å²) >= 11 is 0. The van der Waals surface area contributed by atoms with Crippen LogP contribution in [0.2, 0.25) is 0 Å². The summed E-state index contributed by atoms with van der Waals surface area (Å²) in [6.07, 6.45) is 5.11. The minimum absolute atomic E-state index is 0.0681. The summed E-state index contributed by atoms with van der Waals surface area (Å²) in [7, 11) is 0. The molecule has 0 bridgehead atoms. The van der Waals surface area contributed by atoms with Crippen LogP contribution in [0.3, 0.4) is 0 Å². The summed E-state index contributed by atoms with van der Waals surface area (Å²) in [5.41, 5.74) is 1.67. The Morgan fingerprint density at radius 1 is 1.56 bits per heavy atom. The number of amides is 1. The van der Waals surface area contributed by atoms with Crippen LogP contribution in [0.1, 0.15) is 12.5 Å². The highest BCUT2D eigenvalue weighted by Gasteiger charge is 2.15. The molecule has 18 heavy (non-hydrogen) atoms. The lowest BCUT2D eigenvalue weighted by atomic mass is 10.1. The van der Waals surface area contributed by atoms with E-state index in [4.69, 9.17) is 6.42 Å². The standard InChI is InChI=1S/C14H18N2O2/c1-4-8-15-10-14(18)16(5-2)13-9-12(17)7-6-11(13)3/h1,6-7,9,15,17H,5,8,10H2,2-3H3. The van der Waals surface area contributed by atoms with E-state index in [2.05, 4.69) is 11.2 Å². The second-order valence-corrected chi connectivity index (χ2v) is 3.92. The second kappa shape index (κ2) is 6.67. The Hall–Kier alpha value is -1.99. The van der Waals surface area contributed by atoms with Gasteiger partial charge in [-0.05, 0) is 25.5 Å². The number of hydrogen-bond donors (Lipinski definition) is 2. The molecule has 0 aliphatic rings. The fourth-order valence-corrected chi connectivity index (χ4v) is 1.71. The van der Waals surface area contributed by atoms with Crippen molar-refractivity contribution in [1.82, 2.24) is 5.32 Å². The lowest BCUT2D eigenvalue weighted by Crippen LogP contribution is -2.38. The van der Waals surface area contributed by atoms with Gasteiger partial charge >= 0.3 is 0 Å². The van der Waals surface area contributed by atoms with Crippen LogP contribution in [0.4, 0.5) is 5.69 Å². The molecule has 1 rings (SSSR count). The molecule has 4 heteroatoms. The Balaban J connectivity index is 2.85. The number of phenolic OH excluding ortho intramolecular Hbond substituents is 1. The quantitative estimate of drug-likeness (QED) is 0.608. The van der Waals surface area contributed by atoms with Crippen LogP contribution >= 0.6 is 0 Å². The van der Waals surface area contributed by atoms with Crippen molar-refractivity contribution >= 4 is 11.6 Å². The number of terminal acetylenes is 1. The van der Waals surface area contributed by atoms with E-state index in [1.54, 1.807) is 23.1 Å². The largest absolute Gasteiger partial charge is 0.508 e. The third-order valence-electron chi connectivity index (χ3n) is 2.60. The number of benzene rings is 1. The normalized spacial score (nSPS) is 9.83. The van der Waals surface area contributed by atoms with Crippen molar-refractivity contribution in [1.29, 1.82) is 0 Å². The molecular weight excluding hydrogens is 228 g/mol. The molecule has 4 nitrogen and oxygen atoms in total. The summed E-state index contributed by atoms with van der Waals surface area (Å²) in [4.78, 5) is 13.6. The van der Waals surface area contributed by atoms with Gasteiger partial charge in [-0.3, -0.25) is 10.1 Å². The Kier molecular flexibility index (Phi) is 5.22. The van der Waals surface area contributed by atoms with Gasteiger partial charge in [0.25, 0.3) is 0 Å². The molecule has 0 heterocycles. The molecule has 1 aromatic carbocycles. The summed E-state index contributed by atoms with van der Waals surface area (Å²) < 4.78 is 0. The fourth-order valence-electron chi connectivity index (χ4n) is 1.71. The second-order valence-electron chi connectivity index (χ2n) is 3.92. The number of carbonyl (C=O) groups is 1. The van der Waals surface area contributed by atoms with Gasteiger partial charge in [0.05, 0.1) is 18.8 Å². The van der Waals surface area contributed by atoms with Crippen molar-refractivity contribution in [3.63, 3.8) is 0 Å². The highest BCUT2D eigenvalue weighted by atomic mass is 16.3. The number of aryl methyl sites for hydroxylation is 1. The molecule has 0 spiro atoms. The number of hydrogen-bond acceptors (Lipinski definition) is 3. The molecule has 0 atom stereocenters. The van der Waals surface area contributed by atoms with E-state index in [0.717, 1.165) is 11.3 Å². The van der Waals surface area contributed by atoms with Gasteiger partial charge in [0.1, 0.15) is 5.75 Å². The maximum Gasteiger partial charge on any atom is 0.240 e. The molecule has 0 fully saturated rings. The van der Waals surface area contributed by atoms with Gasteiger partial charge in [-0.25, -0.2) is 0 Å². The SMILES string of the molecule is C#CCNCC(=O)N(CC)c1cc(O)ccc1C. The van der Waals surface area contributed by atoms with Gasteiger partial charge in [0.15, 0.2) is 0 Å². The number of anilines is 1. The number of rotatable bonds is 5. The van der Waals surface area contributed by atoms with Gasteiger partial charge in [0, 0.05) is 12.6 Å². The average Bonchev–Trinajstić information content (AvgIpc) is 2.35. The van der Waals surface area contributed by atoms with Gasteiger partial charge in [-0.15, -0.1) is 6.42 Å². The molecule has 0 radical (unpaired) electrons. The highest BCUT2D eigenvalue weighted by molar-refractivity contribution is 5.95. The van der Waals surface area contributed by atoms with Gasteiger partial charge in [0.2, 0.25) is 5.91 Å². The fraction of sp³-hybridized carbons (Fsp3) is 0.357. The molecule has 96 valence electrons. The number of phenols is 1. The van der Waals surface area contributed by atoms with E-state index in [0.29, 0.717) is 13.1 Å². The van der Waals surface area contributed by atoms with E-state index in [-0.39, 0.29) is 18.2 Å². The molecule has 0 aromatic heterocycles. The van der Waals surface area contributed by atoms with Crippen LogP contribution in [0.5, 0.6) is 5.75 Å². The van der Waals surface area contributed by atoms with Crippen molar-refractivity contribution < 1.29 is 9.90 Å². The molecule has 0 saturated carbocycles. The Bertz CT molecular complexity index is 463. The maximum absolute atomic E-state index is 12.0. The first-order valence-corrected chi connectivity index (χ1v) is 5.84. The molecule has 0 unspecified atom stereocenters. The van der Waals surface area contributed by atoms with Crippen molar-refractivity contribution in [2.24, 2.45) is 0 Å². The Morgan fingerprint density at radius 2 is 2.28 bits per heavy atom. The topological polar surface area (TPSA) is 52.6 Å². The number of likely N-dealkylation sites (N-methyl/N-ethyl adjacent to an activating group) is 1. The van der Waals surface area contributed by atoms with Gasteiger partial charge in [-0.2, -0.15) is 0 Å². The van der Waals surface area contributed by atoms with Crippen LogP contribution < -0.4 is 10.2 Å². The minimum Gasteiger partial charge on any atom is -0.508 e. The van der Waals surface area contributed by atoms with E-state index in [9.17, 15) is 9.90 Å². The molecule has 1 amide bonds. The van der Waals surface area contributed by atoms with Crippen LogP contribution in [0.15, 0.2) is 18.2 Å². The lowest BCUT2D eigenvalue weighted by molar-refractivity contribution is -0.117. The smallest absolute Gasteiger partial charge is 0.240 e. The van der Waals surface area contributed by atoms with Crippen molar-refractivity contribution in [2.75, 3.05) is 24.5 Å². The van der Waals surface area contributed by atoms with Crippen molar-refractivity contribution in [3.05, 3.63) is 23.8 Å². The highest BCUT2D eigenvalue weighted by Crippen LogP contribution is 2.24. The lowest BCUT2D eigenvalue weighted by Gasteiger charge is -2.23. The number of carbonyl (C=O) groups excluding carboxylic acids is 1. The molecule has 0 aliphatic heterocycles. The van der Waals surface area contributed by atoms with Crippen LogP contribution in [0, 0.1) is 19.3 Å². The Morgan fingerprint density at radius 3 is 2.89 bits per heavy atom. The first-order chi connectivity index (χ1) is 8.60. The third kappa shape index (κ3) is 3.51. The number of aromatic hydroxyl groups is 1. The summed E-state index contributed by atoms with van der Waals surface area (Å²) in [5, 5.41) is 12.4. The molecule has 0 aliphatic carbocycles. The zero-order chi connectivity index (χ0) is 13.5. The van der Waals surface area contributed by atoms with E-state index >= 15 is 0 Å².